The van der Waals surface area contributed by atoms with Gasteiger partial charge in [-0.25, -0.2) is 4.39 Å². The van der Waals surface area contributed by atoms with Crippen LogP contribution < -0.4 is 5.32 Å². The second kappa shape index (κ2) is 7.02. The van der Waals surface area contributed by atoms with Crippen LogP contribution in [0.4, 0.5) is 4.39 Å². The molecule has 0 saturated heterocycles. The lowest BCUT2D eigenvalue weighted by atomic mass is 10.1. The molecular formula is C15H12BrClFNO2. The van der Waals surface area contributed by atoms with Gasteiger partial charge in [0, 0.05) is 11.0 Å². The second-order valence-corrected chi connectivity index (χ2v) is 5.73. The fraction of sp³-hybridized carbons (Fsp3) is 0.133. The normalized spacial score (nSPS) is 12.0. The van der Waals surface area contributed by atoms with Crippen molar-refractivity contribution in [3.63, 3.8) is 0 Å². The van der Waals surface area contributed by atoms with E-state index < -0.39 is 17.8 Å². The number of benzene rings is 2. The molecule has 1 amide bonds. The number of rotatable bonds is 4. The van der Waals surface area contributed by atoms with E-state index in [0.717, 1.165) is 4.47 Å². The Morgan fingerprint density at radius 3 is 2.76 bits per heavy atom. The van der Waals surface area contributed by atoms with Gasteiger partial charge in [-0.2, -0.15) is 0 Å². The number of carbonyl (C=O) groups is 1. The van der Waals surface area contributed by atoms with Crippen LogP contribution in [0.5, 0.6) is 0 Å². The molecule has 2 rings (SSSR count). The molecule has 0 bridgehead atoms. The summed E-state index contributed by atoms with van der Waals surface area (Å²) in [5.74, 6) is -0.836. The van der Waals surface area contributed by atoms with E-state index >= 15 is 0 Å². The molecular weight excluding hydrogens is 361 g/mol. The lowest BCUT2D eigenvalue weighted by Gasteiger charge is -2.13. The molecule has 21 heavy (non-hydrogen) atoms. The first-order valence-corrected chi connectivity index (χ1v) is 7.31. The number of hydrogen-bond donors (Lipinski definition) is 2. The van der Waals surface area contributed by atoms with E-state index in [1.54, 1.807) is 24.3 Å². The van der Waals surface area contributed by atoms with Crippen LogP contribution in [0.1, 0.15) is 22.0 Å². The molecule has 0 heterocycles. The maximum Gasteiger partial charge on any atom is 0.252 e. The molecule has 0 radical (unpaired) electrons. The van der Waals surface area contributed by atoms with Crippen LogP contribution in [0.3, 0.4) is 0 Å². The Bertz CT molecular complexity index is 666. The van der Waals surface area contributed by atoms with Crippen LogP contribution in [0.25, 0.3) is 0 Å². The molecule has 0 fully saturated rings. The van der Waals surface area contributed by atoms with E-state index in [9.17, 15) is 14.3 Å². The first kappa shape index (κ1) is 15.9. The molecule has 1 unspecified atom stereocenters. The average molecular weight is 373 g/mol. The minimum Gasteiger partial charge on any atom is -0.387 e. The third kappa shape index (κ3) is 4.27. The molecule has 0 aliphatic carbocycles. The van der Waals surface area contributed by atoms with Crippen molar-refractivity contribution in [2.75, 3.05) is 6.54 Å². The van der Waals surface area contributed by atoms with Crippen molar-refractivity contribution in [1.82, 2.24) is 5.32 Å². The van der Waals surface area contributed by atoms with Crippen LogP contribution in [-0.2, 0) is 0 Å². The third-order valence-electron chi connectivity index (χ3n) is 2.87. The standard InChI is InChI=1S/C15H12BrClFNO2/c16-10-4-5-12(13(17)7-10)15(21)19-8-14(20)9-2-1-3-11(18)6-9/h1-7,14,20H,8H2,(H,19,21). The maximum atomic E-state index is 13.1. The van der Waals surface area contributed by atoms with Gasteiger partial charge >= 0.3 is 0 Å². The third-order valence-corrected chi connectivity index (χ3v) is 3.67. The number of hydrogen-bond acceptors (Lipinski definition) is 2. The topological polar surface area (TPSA) is 49.3 Å². The van der Waals surface area contributed by atoms with Crippen LogP contribution in [0.15, 0.2) is 46.9 Å². The summed E-state index contributed by atoms with van der Waals surface area (Å²) in [6.45, 7) is -0.0331. The zero-order valence-electron chi connectivity index (χ0n) is 10.8. The first-order valence-electron chi connectivity index (χ1n) is 6.14. The lowest BCUT2D eigenvalue weighted by Crippen LogP contribution is -2.28. The Morgan fingerprint density at radius 2 is 2.10 bits per heavy atom. The van der Waals surface area contributed by atoms with Gasteiger partial charge in [0.05, 0.1) is 16.7 Å². The van der Waals surface area contributed by atoms with Crippen molar-refractivity contribution in [2.24, 2.45) is 0 Å². The number of amides is 1. The SMILES string of the molecule is O=C(NCC(O)c1cccc(F)c1)c1ccc(Br)cc1Cl. The molecule has 6 heteroatoms. The number of nitrogens with one attached hydrogen (secondary N) is 1. The largest absolute Gasteiger partial charge is 0.387 e. The van der Waals surface area contributed by atoms with Gasteiger partial charge in [0.1, 0.15) is 5.82 Å². The van der Waals surface area contributed by atoms with E-state index in [2.05, 4.69) is 21.2 Å². The van der Waals surface area contributed by atoms with Gasteiger partial charge in [-0.1, -0.05) is 39.7 Å². The Hall–Kier alpha value is -1.43. The van der Waals surface area contributed by atoms with E-state index in [0.29, 0.717) is 16.1 Å². The van der Waals surface area contributed by atoms with E-state index in [1.165, 1.54) is 18.2 Å². The van der Waals surface area contributed by atoms with Gasteiger partial charge in [-0.15, -0.1) is 0 Å². The van der Waals surface area contributed by atoms with Gasteiger partial charge in [-0.3, -0.25) is 4.79 Å². The van der Waals surface area contributed by atoms with E-state index in [1.807, 2.05) is 0 Å². The summed E-state index contributed by atoms with van der Waals surface area (Å²) in [5.41, 5.74) is 0.712. The predicted octanol–water partition coefficient (Wildman–Crippen LogP) is 3.71. The molecule has 1 atom stereocenters. The fourth-order valence-electron chi connectivity index (χ4n) is 1.79. The minimum atomic E-state index is -0.987. The van der Waals surface area contributed by atoms with Gasteiger partial charge in [0.2, 0.25) is 0 Å². The minimum absolute atomic E-state index is 0.0331. The molecule has 0 saturated carbocycles. The summed E-state index contributed by atoms with van der Waals surface area (Å²) in [6.07, 6.45) is -0.987. The van der Waals surface area contributed by atoms with Crippen molar-refractivity contribution >= 4 is 33.4 Å². The van der Waals surface area contributed by atoms with Gasteiger partial charge in [-0.05, 0) is 35.9 Å². The zero-order valence-corrected chi connectivity index (χ0v) is 13.2. The van der Waals surface area contributed by atoms with Gasteiger partial charge in [0.15, 0.2) is 0 Å². The van der Waals surface area contributed by atoms with Crippen molar-refractivity contribution in [3.8, 4) is 0 Å². The molecule has 2 N–H and O–H groups in total. The molecule has 110 valence electrons. The average Bonchev–Trinajstić information content (AvgIpc) is 2.44. The highest BCUT2D eigenvalue weighted by Gasteiger charge is 2.13. The molecule has 3 nitrogen and oxygen atoms in total. The van der Waals surface area contributed by atoms with Gasteiger partial charge in [0.25, 0.3) is 5.91 Å². The summed E-state index contributed by atoms with van der Waals surface area (Å²) >= 11 is 9.23. The second-order valence-electron chi connectivity index (χ2n) is 4.40. The van der Waals surface area contributed by atoms with E-state index in [-0.39, 0.29) is 6.54 Å². The summed E-state index contributed by atoms with van der Waals surface area (Å²) in [6, 6.07) is 10.5. The Labute approximate surface area is 134 Å². The van der Waals surface area contributed by atoms with Crippen molar-refractivity contribution < 1.29 is 14.3 Å². The molecule has 0 aliphatic heterocycles. The highest BCUT2D eigenvalue weighted by atomic mass is 79.9. The lowest BCUT2D eigenvalue weighted by molar-refractivity contribution is 0.0916. The fourth-order valence-corrected chi connectivity index (χ4v) is 2.55. The number of halogens is 3. The Morgan fingerprint density at radius 1 is 1.33 bits per heavy atom. The van der Waals surface area contributed by atoms with Gasteiger partial charge < -0.3 is 10.4 Å². The summed E-state index contributed by atoms with van der Waals surface area (Å²) < 4.78 is 13.8. The Kier molecular flexibility index (Phi) is 5.33. The van der Waals surface area contributed by atoms with Crippen LogP contribution in [0, 0.1) is 5.82 Å². The Balaban J connectivity index is 2.00. The van der Waals surface area contributed by atoms with Crippen molar-refractivity contribution in [1.29, 1.82) is 0 Å². The number of carbonyl (C=O) groups excluding carboxylic acids is 1. The summed E-state index contributed by atoms with van der Waals surface area (Å²) in [5, 5.41) is 12.8. The highest BCUT2D eigenvalue weighted by Crippen LogP contribution is 2.21. The van der Waals surface area contributed by atoms with Crippen LogP contribution in [-0.4, -0.2) is 17.6 Å². The number of aliphatic hydroxyl groups excluding tert-OH is 1. The molecule has 2 aromatic rings. The van der Waals surface area contributed by atoms with Crippen LogP contribution >= 0.6 is 27.5 Å². The first-order chi connectivity index (χ1) is 9.97. The zero-order chi connectivity index (χ0) is 15.4. The highest BCUT2D eigenvalue weighted by molar-refractivity contribution is 9.10. The molecule has 2 aromatic carbocycles. The summed E-state index contributed by atoms with van der Waals surface area (Å²) in [4.78, 5) is 12.0. The molecule has 0 aromatic heterocycles. The quantitative estimate of drug-likeness (QED) is 0.860. The molecule has 0 spiro atoms. The maximum absolute atomic E-state index is 13.1. The predicted molar refractivity (Wildman–Crippen MR) is 82.8 cm³/mol. The molecule has 0 aliphatic rings. The van der Waals surface area contributed by atoms with E-state index in [4.69, 9.17) is 11.6 Å². The smallest absolute Gasteiger partial charge is 0.252 e. The van der Waals surface area contributed by atoms with Crippen molar-refractivity contribution in [3.05, 3.63) is 68.9 Å². The number of aliphatic hydroxyl groups is 1. The monoisotopic (exact) mass is 371 g/mol. The summed E-state index contributed by atoms with van der Waals surface area (Å²) in [7, 11) is 0. The van der Waals surface area contributed by atoms with Crippen molar-refractivity contribution in [2.45, 2.75) is 6.10 Å². The van der Waals surface area contributed by atoms with Crippen LogP contribution in [0.2, 0.25) is 5.02 Å².